The van der Waals surface area contributed by atoms with Crippen LogP contribution in [0.25, 0.3) is 0 Å². The molecule has 1 rings (SSSR count). The van der Waals surface area contributed by atoms with Crippen LogP contribution in [0.15, 0.2) is 22.7 Å². The molecule has 0 aliphatic rings. The smallest absolute Gasteiger partial charge is 0.189 e. The molecule has 2 nitrogen and oxygen atoms in total. The molecule has 0 atom stereocenters. The van der Waals surface area contributed by atoms with Crippen molar-refractivity contribution in [1.82, 2.24) is 0 Å². The second-order valence-electron chi connectivity index (χ2n) is 2.21. The van der Waals surface area contributed by atoms with Gasteiger partial charge in [-0.1, -0.05) is 0 Å². The van der Waals surface area contributed by atoms with Gasteiger partial charge in [0.2, 0.25) is 0 Å². The van der Waals surface area contributed by atoms with E-state index in [9.17, 15) is 9.18 Å². The molecule has 0 spiro atoms. The van der Waals surface area contributed by atoms with Crippen molar-refractivity contribution < 1.29 is 14.3 Å². The van der Waals surface area contributed by atoms with Crippen molar-refractivity contribution >= 4 is 21.7 Å². The summed E-state index contributed by atoms with van der Waals surface area (Å²) in [6, 6.07) is 3.69. The topological polar surface area (TPSA) is 37.3 Å². The number of carbonyl (C=O) groups is 1. The van der Waals surface area contributed by atoms with Gasteiger partial charge in [0.15, 0.2) is 5.78 Å². The van der Waals surface area contributed by atoms with Crippen LogP contribution in [-0.4, -0.2) is 17.5 Å². The van der Waals surface area contributed by atoms with E-state index in [1.54, 1.807) is 0 Å². The molecule has 0 saturated heterocycles. The predicted molar refractivity (Wildman–Crippen MR) is 45.5 cm³/mol. The lowest BCUT2D eigenvalue weighted by atomic mass is 10.1. The van der Waals surface area contributed by atoms with Gasteiger partial charge in [-0.3, -0.25) is 4.79 Å². The molecule has 0 aliphatic heterocycles. The number of aliphatic hydroxyl groups is 1. The normalized spacial score (nSPS) is 9.92. The molecule has 64 valence electrons. The van der Waals surface area contributed by atoms with Gasteiger partial charge in [-0.25, -0.2) is 4.39 Å². The van der Waals surface area contributed by atoms with Crippen molar-refractivity contribution in [3.8, 4) is 0 Å². The lowest BCUT2D eigenvalue weighted by Crippen LogP contribution is -2.05. The second kappa shape index (κ2) is 3.78. The standard InChI is InChI=1S/C8H6BrFO2/c9-7-3-5(10)1-2-6(7)8(12)4-11/h1-3,11H,4H2. The van der Waals surface area contributed by atoms with Crippen molar-refractivity contribution in [3.05, 3.63) is 34.1 Å². The monoisotopic (exact) mass is 232 g/mol. The Morgan fingerprint density at radius 1 is 1.58 bits per heavy atom. The van der Waals surface area contributed by atoms with Crippen molar-refractivity contribution in [3.63, 3.8) is 0 Å². The first-order valence-corrected chi connectivity index (χ1v) is 4.03. The first-order valence-electron chi connectivity index (χ1n) is 3.24. The van der Waals surface area contributed by atoms with Crippen LogP contribution in [0.4, 0.5) is 4.39 Å². The third-order valence-electron chi connectivity index (χ3n) is 1.38. The van der Waals surface area contributed by atoms with Crippen molar-refractivity contribution in [2.24, 2.45) is 0 Å². The van der Waals surface area contributed by atoms with Crippen molar-refractivity contribution in [2.45, 2.75) is 0 Å². The highest BCUT2D eigenvalue weighted by Gasteiger charge is 2.08. The average molecular weight is 233 g/mol. The number of rotatable bonds is 2. The Bertz CT molecular complexity index is 312. The zero-order chi connectivity index (χ0) is 9.14. The lowest BCUT2D eigenvalue weighted by Gasteiger charge is -1.99. The lowest BCUT2D eigenvalue weighted by molar-refractivity contribution is 0.0903. The minimum Gasteiger partial charge on any atom is -0.388 e. The number of carbonyl (C=O) groups excluding carboxylic acids is 1. The molecule has 0 saturated carbocycles. The van der Waals surface area contributed by atoms with Crippen LogP contribution < -0.4 is 0 Å². The quantitative estimate of drug-likeness (QED) is 0.790. The highest BCUT2D eigenvalue weighted by Crippen LogP contribution is 2.18. The van der Waals surface area contributed by atoms with E-state index >= 15 is 0 Å². The highest BCUT2D eigenvalue weighted by molar-refractivity contribution is 9.10. The molecule has 12 heavy (non-hydrogen) atoms. The molecule has 0 bridgehead atoms. The molecule has 1 aromatic carbocycles. The molecular weight excluding hydrogens is 227 g/mol. The van der Waals surface area contributed by atoms with Crippen LogP contribution in [0.2, 0.25) is 0 Å². The van der Waals surface area contributed by atoms with Gasteiger partial charge in [0.25, 0.3) is 0 Å². The third-order valence-corrected chi connectivity index (χ3v) is 2.03. The molecular formula is C8H6BrFO2. The van der Waals surface area contributed by atoms with Gasteiger partial charge < -0.3 is 5.11 Å². The van der Waals surface area contributed by atoms with Crippen LogP contribution in [0, 0.1) is 5.82 Å². The third kappa shape index (κ3) is 1.89. The Balaban J connectivity index is 3.09. The summed E-state index contributed by atoms with van der Waals surface area (Å²) in [7, 11) is 0. The second-order valence-corrected chi connectivity index (χ2v) is 3.06. The number of hydrogen-bond acceptors (Lipinski definition) is 2. The summed E-state index contributed by atoms with van der Waals surface area (Å²) in [6.07, 6.45) is 0. The fourth-order valence-electron chi connectivity index (χ4n) is 0.801. The molecule has 0 heterocycles. The first kappa shape index (κ1) is 9.35. The zero-order valence-corrected chi connectivity index (χ0v) is 7.64. The van der Waals surface area contributed by atoms with Crippen LogP contribution >= 0.6 is 15.9 Å². The number of ketones is 1. The van der Waals surface area contributed by atoms with E-state index < -0.39 is 18.2 Å². The summed E-state index contributed by atoms with van der Waals surface area (Å²) < 4.78 is 12.9. The van der Waals surface area contributed by atoms with E-state index in [1.165, 1.54) is 18.2 Å². The Morgan fingerprint density at radius 2 is 2.25 bits per heavy atom. The van der Waals surface area contributed by atoms with E-state index in [2.05, 4.69) is 15.9 Å². The number of benzene rings is 1. The van der Waals surface area contributed by atoms with Crippen LogP contribution in [0.5, 0.6) is 0 Å². The van der Waals surface area contributed by atoms with Gasteiger partial charge >= 0.3 is 0 Å². The molecule has 0 fully saturated rings. The number of Topliss-reactive ketones (excluding diaryl/α,β-unsaturated/α-hetero) is 1. The molecule has 1 aromatic rings. The zero-order valence-electron chi connectivity index (χ0n) is 6.05. The van der Waals surface area contributed by atoms with Gasteiger partial charge in [-0.15, -0.1) is 0 Å². The molecule has 0 unspecified atom stereocenters. The summed E-state index contributed by atoms with van der Waals surface area (Å²) in [6.45, 7) is -0.565. The maximum Gasteiger partial charge on any atom is 0.189 e. The molecule has 0 aliphatic carbocycles. The van der Waals surface area contributed by atoms with E-state index in [0.29, 0.717) is 10.0 Å². The number of aliphatic hydroxyl groups excluding tert-OH is 1. The fraction of sp³-hybridized carbons (Fsp3) is 0.125. The summed E-state index contributed by atoms with van der Waals surface area (Å²) in [5.41, 5.74) is 0.291. The van der Waals surface area contributed by atoms with Gasteiger partial charge in [-0.2, -0.15) is 0 Å². The van der Waals surface area contributed by atoms with Gasteiger partial charge in [0.1, 0.15) is 12.4 Å². The van der Waals surface area contributed by atoms with Crippen LogP contribution in [-0.2, 0) is 0 Å². The minimum absolute atomic E-state index is 0.291. The number of hydrogen-bond donors (Lipinski definition) is 1. The summed E-state index contributed by atoms with van der Waals surface area (Å²) in [5, 5.41) is 8.52. The van der Waals surface area contributed by atoms with Crippen molar-refractivity contribution in [2.75, 3.05) is 6.61 Å². The molecule has 0 amide bonds. The summed E-state index contributed by atoms with van der Waals surface area (Å²) in [4.78, 5) is 10.9. The van der Waals surface area contributed by atoms with E-state index in [4.69, 9.17) is 5.11 Å². The minimum atomic E-state index is -0.565. The van der Waals surface area contributed by atoms with Gasteiger partial charge in [0, 0.05) is 10.0 Å². The average Bonchev–Trinajstić information content (AvgIpc) is 2.03. The van der Waals surface area contributed by atoms with E-state index in [1.807, 2.05) is 0 Å². The van der Waals surface area contributed by atoms with Crippen molar-refractivity contribution in [1.29, 1.82) is 0 Å². The maximum absolute atomic E-state index is 12.5. The summed E-state index contributed by atoms with van der Waals surface area (Å²) in [5.74, 6) is -0.849. The Kier molecular flexibility index (Phi) is 2.94. The molecule has 1 N–H and O–H groups in total. The summed E-state index contributed by atoms with van der Waals surface area (Å²) >= 11 is 3.02. The van der Waals surface area contributed by atoms with Crippen LogP contribution in [0.3, 0.4) is 0 Å². The molecule has 0 radical (unpaired) electrons. The Morgan fingerprint density at radius 3 is 2.75 bits per heavy atom. The van der Waals surface area contributed by atoms with Crippen LogP contribution in [0.1, 0.15) is 10.4 Å². The fourth-order valence-corrected chi connectivity index (χ4v) is 1.37. The largest absolute Gasteiger partial charge is 0.388 e. The first-order chi connectivity index (χ1) is 5.65. The predicted octanol–water partition coefficient (Wildman–Crippen LogP) is 1.76. The van der Waals surface area contributed by atoms with Gasteiger partial charge in [-0.05, 0) is 34.1 Å². The highest BCUT2D eigenvalue weighted by atomic mass is 79.9. The maximum atomic E-state index is 12.5. The van der Waals surface area contributed by atoms with Gasteiger partial charge in [0.05, 0.1) is 0 Å². The Labute approximate surface area is 77.2 Å². The Hall–Kier alpha value is -0.740. The van der Waals surface area contributed by atoms with E-state index in [0.717, 1.165) is 0 Å². The molecule has 0 aromatic heterocycles. The SMILES string of the molecule is O=C(CO)c1ccc(F)cc1Br. The van der Waals surface area contributed by atoms with E-state index in [-0.39, 0.29) is 0 Å². The number of halogens is 2. The molecule has 4 heteroatoms.